The number of Topliss-reactive ketones (excluding diaryl/α,β-unsaturated/α-hetero) is 1. The summed E-state index contributed by atoms with van der Waals surface area (Å²) in [5.74, 6) is 2.60. The van der Waals surface area contributed by atoms with Crippen molar-refractivity contribution in [3.05, 3.63) is 35.6 Å². The normalized spacial score (nSPS) is 40.9. The zero-order chi connectivity index (χ0) is 20.9. The molecule has 4 N–H and O–H groups in total. The van der Waals surface area contributed by atoms with Crippen molar-refractivity contribution in [2.75, 3.05) is 6.54 Å². The molecule has 0 aromatic carbocycles. The number of allylic oxidation sites excluding steroid dienone is 2. The van der Waals surface area contributed by atoms with Gasteiger partial charge in [-0.05, 0) is 82.2 Å². The highest BCUT2D eigenvalue weighted by atomic mass is 16.2. The van der Waals surface area contributed by atoms with E-state index in [-0.39, 0.29) is 29.3 Å². The van der Waals surface area contributed by atoms with Gasteiger partial charge in [0.05, 0.1) is 11.7 Å². The first-order chi connectivity index (χ1) is 14.5. The van der Waals surface area contributed by atoms with Crippen LogP contribution in [-0.4, -0.2) is 30.3 Å². The zero-order valence-electron chi connectivity index (χ0n) is 18.0. The quantitative estimate of drug-likeness (QED) is 0.630. The standard InChI is InChI=1S/C25H35N3O2/c1-15-4-2-5-17-12-21(28-23(15)17)24(30)27-19-8-7-18-14-25(22(29)6-3-9-26)13-16(10-19)11-20(18)25/h2,4-5,12,16-20,23,28H,3,6-11,13-14,26H2,1H3,(H,27,30)/t16-,17?,18+,19-,20?,23?,25+/m0/s1. The SMILES string of the molecule is CC1=CC=CC2C=C(C(=O)N[C@H]3CC[C@@H]4C[C@]5(C(=O)CCCN)C[C@H](CC45)C3)NC12. The lowest BCUT2D eigenvalue weighted by Gasteiger charge is -2.51. The number of hydrogen-bond acceptors (Lipinski definition) is 4. The van der Waals surface area contributed by atoms with E-state index in [2.05, 4.69) is 41.9 Å². The Kier molecular flexibility index (Phi) is 5.12. The maximum absolute atomic E-state index is 13.0. The maximum Gasteiger partial charge on any atom is 0.267 e. The number of hydrogen-bond donors (Lipinski definition) is 3. The molecule has 5 nitrogen and oxygen atoms in total. The second kappa shape index (κ2) is 7.67. The molecule has 162 valence electrons. The smallest absolute Gasteiger partial charge is 0.267 e. The van der Waals surface area contributed by atoms with Gasteiger partial charge in [0.15, 0.2) is 0 Å². The van der Waals surface area contributed by atoms with Crippen LogP contribution in [0.5, 0.6) is 0 Å². The molecule has 1 amide bonds. The van der Waals surface area contributed by atoms with Crippen molar-refractivity contribution < 1.29 is 9.59 Å². The fraction of sp³-hybridized carbons (Fsp3) is 0.680. The molecule has 1 aliphatic heterocycles. The highest BCUT2D eigenvalue weighted by Gasteiger charge is 2.62. The number of ketones is 1. The molecule has 0 radical (unpaired) electrons. The van der Waals surface area contributed by atoms with Crippen LogP contribution in [0.4, 0.5) is 0 Å². The molecule has 5 rings (SSSR count). The Labute approximate surface area is 179 Å². The predicted molar refractivity (Wildman–Crippen MR) is 117 cm³/mol. The molecule has 3 unspecified atom stereocenters. The number of rotatable bonds is 6. The maximum atomic E-state index is 13.0. The first-order valence-electron chi connectivity index (χ1n) is 11.9. The van der Waals surface area contributed by atoms with Crippen LogP contribution in [0.2, 0.25) is 0 Å². The van der Waals surface area contributed by atoms with E-state index in [9.17, 15) is 9.59 Å². The van der Waals surface area contributed by atoms with E-state index in [4.69, 9.17) is 5.73 Å². The number of nitrogens with one attached hydrogen (secondary N) is 2. The van der Waals surface area contributed by atoms with Gasteiger partial charge in [0.25, 0.3) is 5.91 Å². The van der Waals surface area contributed by atoms with Gasteiger partial charge >= 0.3 is 0 Å². The van der Waals surface area contributed by atoms with Gasteiger partial charge in [0.2, 0.25) is 0 Å². The van der Waals surface area contributed by atoms with Crippen molar-refractivity contribution in [1.29, 1.82) is 0 Å². The summed E-state index contributed by atoms with van der Waals surface area (Å²) in [6.07, 6.45) is 16.4. The monoisotopic (exact) mass is 409 g/mol. The van der Waals surface area contributed by atoms with E-state index >= 15 is 0 Å². The Balaban J connectivity index is 1.22. The lowest BCUT2D eigenvalue weighted by molar-refractivity contribution is -0.143. The summed E-state index contributed by atoms with van der Waals surface area (Å²) in [5, 5.41) is 6.76. The molecule has 5 heteroatoms. The van der Waals surface area contributed by atoms with E-state index in [1.165, 1.54) is 12.0 Å². The van der Waals surface area contributed by atoms with Crippen LogP contribution in [-0.2, 0) is 9.59 Å². The van der Waals surface area contributed by atoms with Crippen molar-refractivity contribution in [2.45, 2.75) is 70.4 Å². The third kappa shape index (κ3) is 3.26. The lowest BCUT2D eigenvalue weighted by Crippen LogP contribution is -2.50. The van der Waals surface area contributed by atoms with Gasteiger partial charge in [-0.2, -0.15) is 0 Å². The molecule has 30 heavy (non-hydrogen) atoms. The average Bonchev–Trinajstić information content (AvgIpc) is 3.30. The fourth-order valence-electron chi connectivity index (χ4n) is 7.19. The number of amides is 1. The minimum absolute atomic E-state index is 0.0341. The van der Waals surface area contributed by atoms with E-state index in [0.29, 0.717) is 42.2 Å². The van der Waals surface area contributed by atoms with Crippen molar-refractivity contribution >= 4 is 11.7 Å². The minimum atomic E-state index is -0.0508. The zero-order valence-corrected chi connectivity index (χ0v) is 18.0. The number of nitrogens with two attached hydrogens (primary N) is 1. The molecule has 3 saturated carbocycles. The number of fused-ring (bicyclic) bond motifs is 2. The van der Waals surface area contributed by atoms with E-state index in [0.717, 1.165) is 38.5 Å². The van der Waals surface area contributed by atoms with Gasteiger partial charge in [-0.15, -0.1) is 0 Å². The second-order valence-electron chi connectivity index (χ2n) is 10.4. The fourth-order valence-corrected chi connectivity index (χ4v) is 7.19. The molecule has 1 heterocycles. The summed E-state index contributed by atoms with van der Waals surface area (Å²) in [4.78, 5) is 26.0. The van der Waals surface area contributed by atoms with Crippen LogP contribution in [0, 0.1) is 29.1 Å². The van der Waals surface area contributed by atoms with Gasteiger partial charge in [-0.3, -0.25) is 9.59 Å². The highest BCUT2D eigenvalue weighted by Crippen LogP contribution is 2.66. The molecule has 3 fully saturated rings. The van der Waals surface area contributed by atoms with Crippen molar-refractivity contribution in [3.8, 4) is 0 Å². The number of carbonyl (C=O) groups excluding carboxylic acids is 2. The van der Waals surface area contributed by atoms with Gasteiger partial charge < -0.3 is 16.4 Å². The van der Waals surface area contributed by atoms with E-state index in [1.807, 2.05) is 0 Å². The van der Waals surface area contributed by atoms with E-state index < -0.39 is 0 Å². The Bertz CT molecular complexity index is 828. The van der Waals surface area contributed by atoms with Crippen LogP contribution in [0.15, 0.2) is 35.6 Å². The average molecular weight is 410 g/mol. The lowest BCUT2D eigenvalue weighted by atomic mass is 9.52. The molecule has 4 aliphatic carbocycles. The molecule has 2 bridgehead atoms. The summed E-state index contributed by atoms with van der Waals surface area (Å²) in [6.45, 7) is 2.72. The summed E-state index contributed by atoms with van der Waals surface area (Å²) >= 11 is 0. The van der Waals surface area contributed by atoms with Crippen LogP contribution in [0.3, 0.4) is 0 Å². The first kappa shape index (κ1) is 20.0. The third-order valence-electron chi connectivity index (χ3n) is 8.63. The summed E-state index contributed by atoms with van der Waals surface area (Å²) in [6, 6.07) is 0.437. The topological polar surface area (TPSA) is 84.2 Å². The van der Waals surface area contributed by atoms with E-state index in [1.54, 1.807) is 0 Å². The molecule has 0 aromatic rings. The summed E-state index contributed by atoms with van der Waals surface area (Å²) < 4.78 is 0. The van der Waals surface area contributed by atoms with Gasteiger partial charge in [-0.25, -0.2) is 0 Å². The van der Waals surface area contributed by atoms with Crippen LogP contribution >= 0.6 is 0 Å². The molecular formula is C25H35N3O2. The Morgan fingerprint density at radius 1 is 1.27 bits per heavy atom. The van der Waals surface area contributed by atoms with Crippen molar-refractivity contribution in [2.24, 2.45) is 34.8 Å². The van der Waals surface area contributed by atoms with Gasteiger partial charge in [0.1, 0.15) is 5.78 Å². The molecule has 7 atom stereocenters. The van der Waals surface area contributed by atoms with Gasteiger partial charge in [0, 0.05) is 23.8 Å². The minimum Gasteiger partial charge on any atom is -0.373 e. The molecule has 0 saturated heterocycles. The molecule has 0 spiro atoms. The highest BCUT2D eigenvalue weighted by molar-refractivity contribution is 5.94. The third-order valence-corrected chi connectivity index (χ3v) is 8.63. The van der Waals surface area contributed by atoms with Crippen molar-refractivity contribution in [1.82, 2.24) is 10.6 Å². The molecule has 5 aliphatic rings. The Morgan fingerprint density at radius 3 is 2.93 bits per heavy atom. The molecular weight excluding hydrogens is 374 g/mol. The van der Waals surface area contributed by atoms with Gasteiger partial charge in [-0.1, -0.05) is 23.8 Å². The second-order valence-corrected chi connectivity index (χ2v) is 10.4. The predicted octanol–water partition coefficient (Wildman–Crippen LogP) is 2.98. The van der Waals surface area contributed by atoms with Crippen LogP contribution < -0.4 is 16.4 Å². The Hall–Kier alpha value is -1.88. The largest absolute Gasteiger partial charge is 0.373 e. The Morgan fingerprint density at radius 2 is 2.13 bits per heavy atom. The van der Waals surface area contributed by atoms with Crippen LogP contribution in [0.25, 0.3) is 0 Å². The summed E-state index contributed by atoms with van der Waals surface area (Å²) in [5.41, 5.74) is 7.58. The summed E-state index contributed by atoms with van der Waals surface area (Å²) in [7, 11) is 0. The first-order valence-corrected chi connectivity index (χ1v) is 11.9. The molecule has 0 aromatic heterocycles. The van der Waals surface area contributed by atoms with Crippen LogP contribution in [0.1, 0.15) is 58.3 Å². The number of carbonyl (C=O) groups is 2. The van der Waals surface area contributed by atoms with Crippen molar-refractivity contribution in [3.63, 3.8) is 0 Å².